The Morgan fingerprint density at radius 3 is 2.61 bits per heavy atom. The van der Waals surface area contributed by atoms with Crippen LogP contribution in [-0.2, 0) is 0 Å². The Morgan fingerprint density at radius 2 is 1.89 bits per heavy atom. The van der Waals surface area contributed by atoms with E-state index in [4.69, 9.17) is 4.74 Å². The van der Waals surface area contributed by atoms with Gasteiger partial charge < -0.3 is 4.74 Å². The number of benzene rings is 2. The molecule has 2 rings (SSSR count). The lowest BCUT2D eigenvalue weighted by molar-refractivity contribution is 0.0733. The van der Waals surface area contributed by atoms with Crippen LogP contribution in [0.3, 0.4) is 0 Å². The van der Waals surface area contributed by atoms with Gasteiger partial charge in [0.2, 0.25) is 0 Å². The van der Waals surface area contributed by atoms with Crippen molar-refractivity contribution in [2.24, 2.45) is 0 Å². The number of halogens is 1. The van der Waals surface area contributed by atoms with Crippen molar-refractivity contribution in [3.8, 4) is 5.75 Å². The van der Waals surface area contributed by atoms with Crippen molar-refractivity contribution in [1.29, 1.82) is 0 Å². The Hall–Kier alpha value is -1.69. The zero-order valence-corrected chi connectivity index (χ0v) is 11.5. The van der Waals surface area contributed by atoms with Gasteiger partial charge in [0.25, 0.3) is 0 Å². The number of ether oxygens (including phenoxy) is 1. The molecule has 90 valence electrons. The van der Waals surface area contributed by atoms with Crippen LogP contribution in [-0.4, -0.2) is 12.3 Å². The summed E-state index contributed by atoms with van der Waals surface area (Å²) in [6.45, 7) is 0. The molecule has 0 atom stereocenters. The van der Waals surface area contributed by atoms with E-state index in [2.05, 4.69) is 22.6 Å². The maximum absolute atomic E-state index is 11.9. The van der Waals surface area contributed by atoms with Crippen molar-refractivity contribution >= 4 is 34.8 Å². The van der Waals surface area contributed by atoms with Gasteiger partial charge in [-0.25, -0.2) is 4.79 Å². The summed E-state index contributed by atoms with van der Waals surface area (Å²) in [5.41, 5.74) is 0.984. The molecule has 0 heterocycles. The van der Waals surface area contributed by atoms with Crippen LogP contribution in [0, 0.1) is 3.57 Å². The highest BCUT2D eigenvalue weighted by molar-refractivity contribution is 14.1. The van der Waals surface area contributed by atoms with Crippen LogP contribution < -0.4 is 4.74 Å². The van der Waals surface area contributed by atoms with Crippen molar-refractivity contribution in [2.45, 2.75) is 0 Å². The summed E-state index contributed by atoms with van der Waals surface area (Å²) in [6, 6.07) is 13.7. The molecule has 2 aromatic rings. The lowest BCUT2D eigenvalue weighted by Crippen LogP contribution is -2.10. The molecular weight excluding hydrogens is 343 g/mol. The Labute approximate surface area is 118 Å². The maximum atomic E-state index is 11.9. The van der Waals surface area contributed by atoms with Gasteiger partial charge in [-0.1, -0.05) is 24.3 Å². The minimum atomic E-state index is -0.428. The van der Waals surface area contributed by atoms with E-state index in [1.807, 2.05) is 12.1 Å². The van der Waals surface area contributed by atoms with Crippen molar-refractivity contribution in [2.75, 3.05) is 0 Å². The Balaban J connectivity index is 2.21. The molecule has 18 heavy (non-hydrogen) atoms. The first-order chi connectivity index (χ1) is 8.70. The Kier molecular flexibility index (Phi) is 4.09. The molecule has 0 aliphatic rings. The van der Waals surface area contributed by atoms with Crippen LogP contribution in [0.2, 0.25) is 0 Å². The molecule has 0 unspecified atom stereocenters. The van der Waals surface area contributed by atoms with E-state index < -0.39 is 5.97 Å². The second-order valence-electron chi connectivity index (χ2n) is 3.56. The SMILES string of the molecule is O=Cc1cccc(OC(=O)c2ccccc2I)c1. The molecule has 0 aliphatic carbocycles. The van der Waals surface area contributed by atoms with E-state index >= 15 is 0 Å². The maximum Gasteiger partial charge on any atom is 0.344 e. The lowest BCUT2D eigenvalue weighted by atomic mass is 10.2. The number of aldehydes is 1. The summed E-state index contributed by atoms with van der Waals surface area (Å²) in [5.74, 6) is -0.0627. The van der Waals surface area contributed by atoms with Crippen molar-refractivity contribution in [1.82, 2.24) is 0 Å². The summed E-state index contributed by atoms with van der Waals surface area (Å²) in [4.78, 5) is 22.5. The topological polar surface area (TPSA) is 43.4 Å². The third kappa shape index (κ3) is 2.95. The number of carbonyl (C=O) groups excluding carboxylic acids is 2. The van der Waals surface area contributed by atoms with Gasteiger partial charge in [0.1, 0.15) is 12.0 Å². The smallest absolute Gasteiger partial charge is 0.344 e. The second kappa shape index (κ2) is 5.77. The fourth-order valence-corrected chi connectivity index (χ4v) is 2.05. The summed E-state index contributed by atoms with van der Waals surface area (Å²) in [6.07, 6.45) is 0.712. The third-order valence-corrected chi connectivity index (χ3v) is 3.24. The van der Waals surface area contributed by atoms with Gasteiger partial charge in [-0.3, -0.25) is 4.79 Å². The predicted molar refractivity (Wildman–Crippen MR) is 75.9 cm³/mol. The summed E-state index contributed by atoms with van der Waals surface area (Å²) >= 11 is 2.08. The molecule has 0 saturated carbocycles. The fourth-order valence-electron chi connectivity index (χ4n) is 1.44. The van der Waals surface area contributed by atoms with Crippen LogP contribution in [0.25, 0.3) is 0 Å². The first kappa shape index (κ1) is 12.8. The molecular formula is C14H9IO3. The first-order valence-electron chi connectivity index (χ1n) is 5.22. The summed E-state index contributed by atoms with van der Waals surface area (Å²) in [7, 11) is 0. The molecule has 3 nitrogen and oxygen atoms in total. The van der Waals surface area contributed by atoms with Crippen LogP contribution in [0.4, 0.5) is 0 Å². The highest BCUT2D eigenvalue weighted by Gasteiger charge is 2.11. The third-order valence-electron chi connectivity index (χ3n) is 2.30. The average molecular weight is 352 g/mol. The molecule has 0 aliphatic heterocycles. The molecule has 0 fully saturated rings. The highest BCUT2D eigenvalue weighted by Crippen LogP contribution is 2.17. The lowest BCUT2D eigenvalue weighted by Gasteiger charge is -2.06. The summed E-state index contributed by atoms with van der Waals surface area (Å²) < 4.78 is 6.05. The molecule has 4 heteroatoms. The van der Waals surface area contributed by atoms with E-state index in [0.717, 1.165) is 3.57 Å². The summed E-state index contributed by atoms with van der Waals surface area (Å²) in [5, 5.41) is 0. The van der Waals surface area contributed by atoms with E-state index in [-0.39, 0.29) is 0 Å². The highest BCUT2D eigenvalue weighted by atomic mass is 127. The fraction of sp³-hybridized carbons (Fsp3) is 0. The standard InChI is InChI=1S/C14H9IO3/c15-13-7-2-1-6-12(13)14(17)18-11-5-3-4-10(8-11)9-16/h1-9H. The van der Waals surface area contributed by atoms with Crippen LogP contribution in [0.1, 0.15) is 20.7 Å². The van der Waals surface area contributed by atoms with Gasteiger partial charge in [0, 0.05) is 9.13 Å². The number of esters is 1. The average Bonchev–Trinajstić information content (AvgIpc) is 2.39. The second-order valence-corrected chi connectivity index (χ2v) is 4.72. The minimum Gasteiger partial charge on any atom is -0.423 e. The molecule has 0 saturated heterocycles. The molecule has 0 radical (unpaired) electrons. The van der Waals surface area contributed by atoms with Gasteiger partial charge in [0.15, 0.2) is 0 Å². The Morgan fingerprint density at radius 1 is 1.11 bits per heavy atom. The van der Waals surface area contributed by atoms with Crippen LogP contribution in [0.15, 0.2) is 48.5 Å². The monoisotopic (exact) mass is 352 g/mol. The van der Waals surface area contributed by atoms with Crippen molar-refractivity contribution in [3.63, 3.8) is 0 Å². The zero-order valence-electron chi connectivity index (χ0n) is 9.30. The number of carbonyl (C=O) groups is 2. The molecule has 0 aromatic heterocycles. The predicted octanol–water partition coefficient (Wildman–Crippen LogP) is 3.32. The van der Waals surface area contributed by atoms with Crippen LogP contribution in [0.5, 0.6) is 5.75 Å². The molecule has 0 N–H and O–H groups in total. The largest absolute Gasteiger partial charge is 0.423 e. The number of hydrogen-bond acceptors (Lipinski definition) is 3. The Bertz CT molecular complexity index is 593. The van der Waals surface area contributed by atoms with E-state index in [0.29, 0.717) is 23.2 Å². The molecule has 0 bridgehead atoms. The molecule has 0 amide bonds. The number of rotatable bonds is 3. The van der Waals surface area contributed by atoms with Gasteiger partial charge in [-0.05, 0) is 46.9 Å². The van der Waals surface area contributed by atoms with E-state index in [9.17, 15) is 9.59 Å². The zero-order chi connectivity index (χ0) is 13.0. The van der Waals surface area contributed by atoms with Crippen molar-refractivity contribution < 1.29 is 14.3 Å². The molecule has 0 spiro atoms. The number of hydrogen-bond donors (Lipinski definition) is 0. The van der Waals surface area contributed by atoms with Gasteiger partial charge >= 0.3 is 5.97 Å². The molecule has 2 aromatic carbocycles. The van der Waals surface area contributed by atoms with E-state index in [1.54, 1.807) is 30.3 Å². The van der Waals surface area contributed by atoms with Crippen LogP contribution >= 0.6 is 22.6 Å². The quantitative estimate of drug-likeness (QED) is 0.368. The normalized spacial score (nSPS) is 9.83. The first-order valence-corrected chi connectivity index (χ1v) is 6.30. The minimum absolute atomic E-state index is 0.365. The van der Waals surface area contributed by atoms with Gasteiger partial charge in [0.05, 0.1) is 5.56 Å². The van der Waals surface area contributed by atoms with Gasteiger partial charge in [-0.2, -0.15) is 0 Å². The van der Waals surface area contributed by atoms with Gasteiger partial charge in [-0.15, -0.1) is 0 Å². The van der Waals surface area contributed by atoms with E-state index in [1.165, 1.54) is 6.07 Å². The van der Waals surface area contributed by atoms with Crippen molar-refractivity contribution in [3.05, 3.63) is 63.2 Å².